The predicted molar refractivity (Wildman–Crippen MR) is 77.7 cm³/mol. The van der Waals surface area contributed by atoms with Gasteiger partial charge in [0, 0.05) is 25.7 Å². The molecular weight excluding hydrogens is 242 g/mol. The first kappa shape index (κ1) is 13.8. The van der Waals surface area contributed by atoms with Gasteiger partial charge in [-0.15, -0.1) is 0 Å². The third-order valence-electron chi connectivity index (χ3n) is 3.44. The zero-order valence-corrected chi connectivity index (χ0v) is 11.6. The van der Waals surface area contributed by atoms with Crippen LogP contribution in [0.1, 0.15) is 12.8 Å². The monoisotopic (exact) mass is 265 g/mol. The van der Waals surface area contributed by atoms with Gasteiger partial charge in [-0.25, -0.2) is 5.84 Å². The highest BCUT2D eigenvalue weighted by Gasteiger charge is 2.21. The minimum absolute atomic E-state index is 0.251. The molecule has 7 nitrogen and oxygen atoms in total. The molecule has 2 rings (SSSR count). The van der Waals surface area contributed by atoms with Gasteiger partial charge in [0.2, 0.25) is 5.95 Å². The number of rotatable bonds is 4. The number of hydrogen-bond donors (Lipinski definition) is 3. The zero-order valence-electron chi connectivity index (χ0n) is 11.6. The molecule has 0 atom stereocenters. The van der Waals surface area contributed by atoms with E-state index in [-0.39, 0.29) is 5.95 Å². The largest absolute Gasteiger partial charge is 0.368 e. The van der Waals surface area contributed by atoms with Gasteiger partial charge in [-0.2, -0.15) is 9.97 Å². The van der Waals surface area contributed by atoms with Crippen molar-refractivity contribution in [3.63, 3.8) is 0 Å². The standard InChI is InChI=1S/C12H23N7/c1-18(2)8-9-3-5-19(6-4-9)11-7-10(17-14)15-12(13)16-11/h7,9H,3-6,8,14H2,1-2H3,(H3,13,15,16,17). The number of nitrogens with two attached hydrogens (primary N) is 2. The molecule has 0 aromatic carbocycles. The maximum atomic E-state index is 5.68. The highest BCUT2D eigenvalue weighted by Crippen LogP contribution is 2.24. The molecule has 0 unspecified atom stereocenters. The molecule has 106 valence electrons. The number of nitrogens with zero attached hydrogens (tertiary/aromatic N) is 4. The van der Waals surface area contributed by atoms with E-state index in [1.54, 1.807) is 0 Å². The second kappa shape index (κ2) is 6.03. The van der Waals surface area contributed by atoms with Gasteiger partial charge < -0.3 is 21.0 Å². The topological polar surface area (TPSA) is 96.3 Å². The van der Waals surface area contributed by atoms with E-state index in [0.29, 0.717) is 5.82 Å². The van der Waals surface area contributed by atoms with Crippen LogP contribution in [0.3, 0.4) is 0 Å². The van der Waals surface area contributed by atoms with Crippen LogP contribution in [-0.4, -0.2) is 48.6 Å². The van der Waals surface area contributed by atoms with E-state index in [9.17, 15) is 0 Å². The maximum Gasteiger partial charge on any atom is 0.223 e. The van der Waals surface area contributed by atoms with Crippen LogP contribution in [0, 0.1) is 5.92 Å². The van der Waals surface area contributed by atoms with Crippen LogP contribution in [0.4, 0.5) is 17.6 Å². The SMILES string of the molecule is CN(C)CC1CCN(c2cc(NN)nc(N)n2)CC1. The number of hydrazine groups is 1. The van der Waals surface area contributed by atoms with Crippen LogP contribution in [0.5, 0.6) is 0 Å². The number of nitrogens with one attached hydrogen (secondary N) is 1. The Labute approximate surface area is 114 Å². The highest BCUT2D eigenvalue weighted by atomic mass is 15.3. The van der Waals surface area contributed by atoms with E-state index in [2.05, 4.69) is 39.3 Å². The van der Waals surface area contributed by atoms with E-state index >= 15 is 0 Å². The van der Waals surface area contributed by atoms with Crippen LogP contribution in [0.15, 0.2) is 6.07 Å². The van der Waals surface area contributed by atoms with Crippen molar-refractivity contribution < 1.29 is 0 Å². The summed E-state index contributed by atoms with van der Waals surface area (Å²) < 4.78 is 0. The highest BCUT2D eigenvalue weighted by molar-refractivity contribution is 5.52. The molecule has 2 heterocycles. The summed E-state index contributed by atoms with van der Waals surface area (Å²) in [7, 11) is 4.24. The molecule has 1 saturated heterocycles. The molecule has 1 fully saturated rings. The Bertz CT molecular complexity index is 413. The Kier molecular flexibility index (Phi) is 4.39. The Morgan fingerprint density at radius 2 is 2.05 bits per heavy atom. The average Bonchev–Trinajstić information content (AvgIpc) is 2.38. The lowest BCUT2D eigenvalue weighted by Crippen LogP contribution is -2.37. The summed E-state index contributed by atoms with van der Waals surface area (Å²) in [6, 6.07) is 1.84. The molecule has 0 bridgehead atoms. The van der Waals surface area contributed by atoms with E-state index in [1.807, 2.05) is 6.07 Å². The molecule has 1 aromatic heterocycles. The first-order valence-electron chi connectivity index (χ1n) is 6.59. The molecule has 1 aliphatic heterocycles. The van der Waals surface area contributed by atoms with Crippen LogP contribution in [0.2, 0.25) is 0 Å². The summed E-state index contributed by atoms with van der Waals surface area (Å²) in [5.74, 6) is 7.79. The lowest BCUT2D eigenvalue weighted by Gasteiger charge is -2.34. The van der Waals surface area contributed by atoms with Crippen molar-refractivity contribution in [1.29, 1.82) is 0 Å². The van der Waals surface area contributed by atoms with Gasteiger partial charge >= 0.3 is 0 Å². The minimum Gasteiger partial charge on any atom is -0.368 e. The molecule has 5 N–H and O–H groups in total. The molecule has 1 aromatic rings. The Hall–Kier alpha value is -1.60. The Morgan fingerprint density at radius 1 is 1.37 bits per heavy atom. The fraction of sp³-hybridized carbons (Fsp3) is 0.667. The van der Waals surface area contributed by atoms with Crippen LogP contribution < -0.4 is 21.9 Å². The number of piperidine rings is 1. The molecule has 1 aliphatic rings. The summed E-state index contributed by atoms with van der Waals surface area (Å²) >= 11 is 0. The molecule has 0 radical (unpaired) electrons. The number of aromatic nitrogens is 2. The van der Waals surface area contributed by atoms with Crippen molar-refractivity contribution in [2.24, 2.45) is 11.8 Å². The summed E-state index contributed by atoms with van der Waals surface area (Å²) in [5.41, 5.74) is 8.20. The molecule has 7 heteroatoms. The zero-order chi connectivity index (χ0) is 13.8. The number of anilines is 3. The van der Waals surface area contributed by atoms with Gasteiger partial charge in [0.25, 0.3) is 0 Å². The van der Waals surface area contributed by atoms with Crippen molar-refractivity contribution in [2.75, 3.05) is 49.8 Å². The van der Waals surface area contributed by atoms with E-state index in [0.717, 1.165) is 31.4 Å². The third kappa shape index (κ3) is 3.68. The quantitative estimate of drug-likeness (QED) is 0.525. The fourth-order valence-corrected chi connectivity index (χ4v) is 2.55. The van der Waals surface area contributed by atoms with Gasteiger partial charge in [0.15, 0.2) is 0 Å². The minimum atomic E-state index is 0.251. The van der Waals surface area contributed by atoms with Crippen LogP contribution in [0.25, 0.3) is 0 Å². The number of hydrogen-bond acceptors (Lipinski definition) is 7. The summed E-state index contributed by atoms with van der Waals surface area (Å²) in [6.45, 7) is 3.15. The Morgan fingerprint density at radius 3 is 2.63 bits per heavy atom. The molecule has 0 saturated carbocycles. The van der Waals surface area contributed by atoms with E-state index < -0.39 is 0 Å². The second-order valence-electron chi connectivity index (χ2n) is 5.31. The Balaban J connectivity index is 1.99. The van der Waals surface area contributed by atoms with Crippen LogP contribution >= 0.6 is 0 Å². The lowest BCUT2D eigenvalue weighted by molar-refractivity contribution is 0.284. The van der Waals surface area contributed by atoms with E-state index in [1.165, 1.54) is 12.8 Å². The summed E-state index contributed by atoms with van der Waals surface area (Å²) in [6.07, 6.45) is 2.35. The second-order valence-corrected chi connectivity index (χ2v) is 5.31. The normalized spacial score (nSPS) is 16.9. The van der Waals surface area contributed by atoms with Gasteiger partial charge in [-0.05, 0) is 32.9 Å². The summed E-state index contributed by atoms with van der Waals surface area (Å²) in [5, 5.41) is 0. The van der Waals surface area contributed by atoms with Gasteiger partial charge in [-0.3, -0.25) is 0 Å². The molecule has 0 spiro atoms. The molecule has 0 amide bonds. The molecular formula is C12H23N7. The first-order valence-corrected chi connectivity index (χ1v) is 6.59. The van der Waals surface area contributed by atoms with Gasteiger partial charge in [0.05, 0.1) is 0 Å². The number of nitrogen functional groups attached to an aromatic ring is 2. The van der Waals surface area contributed by atoms with Crippen molar-refractivity contribution in [3.8, 4) is 0 Å². The molecule has 19 heavy (non-hydrogen) atoms. The van der Waals surface area contributed by atoms with Crippen molar-refractivity contribution in [1.82, 2.24) is 14.9 Å². The first-order chi connectivity index (χ1) is 9.08. The smallest absolute Gasteiger partial charge is 0.223 e. The predicted octanol–water partition coefficient (Wildman–Crippen LogP) is 0.122. The lowest BCUT2D eigenvalue weighted by atomic mass is 9.96. The van der Waals surface area contributed by atoms with Crippen LogP contribution in [-0.2, 0) is 0 Å². The average molecular weight is 265 g/mol. The van der Waals surface area contributed by atoms with Gasteiger partial charge in [0.1, 0.15) is 11.6 Å². The fourth-order valence-electron chi connectivity index (χ4n) is 2.55. The maximum absolute atomic E-state index is 5.68. The molecule has 0 aliphatic carbocycles. The summed E-state index contributed by atoms with van der Waals surface area (Å²) in [4.78, 5) is 12.8. The van der Waals surface area contributed by atoms with Crippen molar-refractivity contribution in [2.45, 2.75) is 12.8 Å². The van der Waals surface area contributed by atoms with Gasteiger partial charge in [-0.1, -0.05) is 0 Å². The van der Waals surface area contributed by atoms with Crippen molar-refractivity contribution >= 4 is 17.6 Å². The van der Waals surface area contributed by atoms with Crippen molar-refractivity contribution in [3.05, 3.63) is 6.07 Å². The third-order valence-corrected chi connectivity index (χ3v) is 3.44. The van der Waals surface area contributed by atoms with E-state index in [4.69, 9.17) is 11.6 Å².